The highest BCUT2D eigenvalue weighted by Crippen LogP contribution is 2.25. The van der Waals surface area contributed by atoms with Crippen LogP contribution in [0.1, 0.15) is 0 Å². The Hall–Kier alpha value is -1.68. The topological polar surface area (TPSA) is 34.0 Å². The molecule has 0 aliphatic heterocycles. The molecule has 3 rings (SSSR count). The minimum Gasteiger partial charge on any atom is -0.338 e. The molecule has 0 fully saturated rings. The van der Waals surface area contributed by atoms with Gasteiger partial charge < -0.3 is 9.88 Å². The van der Waals surface area contributed by atoms with Crippen LogP contribution in [-0.4, -0.2) is 10.5 Å². The first-order chi connectivity index (χ1) is 10.5. The molecule has 0 radical (unpaired) electrons. The Balaban J connectivity index is 1.78. The van der Waals surface area contributed by atoms with Gasteiger partial charge in [0.05, 0.1) is 10.7 Å². The second-order valence-electron chi connectivity index (χ2n) is 4.82. The summed E-state index contributed by atoms with van der Waals surface area (Å²) in [5.41, 5.74) is 1.48. The molecule has 3 aromatic rings. The number of carbonyl (C=O) groups is 1. The number of rotatable bonds is 3. The number of halogens is 3. The Morgan fingerprint density at radius 1 is 1.00 bits per heavy atom. The van der Waals surface area contributed by atoms with Gasteiger partial charge in [-0.25, -0.2) is 0 Å². The smallest absolute Gasteiger partial charge is 0.244 e. The summed E-state index contributed by atoms with van der Waals surface area (Å²) in [6.45, 7) is 0.185. The van der Waals surface area contributed by atoms with E-state index in [4.69, 9.17) is 34.8 Å². The van der Waals surface area contributed by atoms with Gasteiger partial charge in [0.2, 0.25) is 5.91 Å². The molecule has 2 aromatic carbocycles. The van der Waals surface area contributed by atoms with Gasteiger partial charge in [-0.05, 0) is 42.5 Å². The lowest BCUT2D eigenvalue weighted by molar-refractivity contribution is -0.116. The maximum atomic E-state index is 12.2. The zero-order valence-corrected chi connectivity index (χ0v) is 13.6. The molecular weight excluding hydrogens is 343 g/mol. The molecule has 6 heteroatoms. The van der Waals surface area contributed by atoms with Gasteiger partial charge in [0.1, 0.15) is 6.54 Å². The quantitative estimate of drug-likeness (QED) is 0.686. The minimum atomic E-state index is -0.170. The monoisotopic (exact) mass is 352 g/mol. The maximum Gasteiger partial charge on any atom is 0.244 e. The number of nitrogens with zero attached hydrogens (tertiary/aromatic N) is 1. The molecule has 3 nitrogen and oxygen atoms in total. The van der Waals surface area contributed by atoms with Crippen molar-refractivity contribution in [3.63, 3.8) is 0 Å². The predicted octanol–water partition coefficient (Wildman–Crippen LogP) is 5.24. The average molecular weight is 354 g/mol. The van der Waals surface area contributed by atoms with E-state index in [0.29, 0.717) is 20.8 Å². The second-order valence-corrected chi connectivity index (χ2v) is 6.10. The maximum absolute atomic E-state index is 12.2. The first-order valence-electron chi connectivity index (χ1n) is 6.52. The summed E-state index contributed by atoms with van der Waals surface area (Å²) in [5.74, 6) is -0.170. The number of nitrogens with one attached hydrogen (secondary N) is 1. The lowest BCUT2D eigenvalue weighted by atomic mass is 10.2. The van der Waals surface area contributed by atoms with Crippen molar-refractivity contribution in [1.82, 2.24) is 4.57 Å². The average Bonchev–Trinajstić information content (AvgIpc) is 2.84. The second kappa shape index (κ2) is 6.21. The highest BCUT2D eigenvalue weighted by atomic mass is 35.5. The van der Waals surface area contributed by atoms with E-state index in [-0.39, 0.29) is 12.5 Å². The molecule has 0 aliphatic rings. The van der Waals surface area contributed by atoms with E-state index >= 15 is 0 Å². The molecule has 0 unspecified atom stereocenters. The number of hydrogen-bond donors (Lipinski definition) is 1. The summed E-state index contributed by atoms with van der Waals surface area (Å²) in [5, 5.41) is 5.37. The molecule has 0 saturated carbocycles. The van der Waals surface area contributed by atoms with Crippen LogP contribution in [0, 0.1) is 0 Å². The Bertz CT molecular complexity index is 858. The Labute approximate surface area is 142 Å². The lowest BCUT2D eigenvalue weighted by Crippen LogP contribution is -2.18. The van der Waals surface area contributed by atoms with E-state index in [1.807, 2.05) is 29.0 Å². The van der Waals surface area contributed by atoms with Crippen LogP contribution < -0.4 is 5.32 Å². The fourth-order valence-electron chi connectivity index (χ4n) is 2.24. The van der Waals surface area contributed by atoms with E-state index in [1.54, 1.807) is 24.3 Å². The van der Waals surface area contributed by atoms with Gasteiger partial charge in [0.25, 0.3) is 0 Å². The van der Waals surface area contributed by atoms with Crippen LogP contribution in [-0.2, 0) is 11.3 Å². The third-order valence-corrected chi connectivity index (χ3v) is 4.04. The number of aromatic nitrogens is 1. The summed E-state index contributed by atoms with van der Waals surface area (Å²) < 4.78 is 1.85. The molecule has 0 saturated heterocycles. The first kappa shape index (κ1) is 15.2. The predicted molar refractivity (Wildman–Crippen MR) is 92.0 cm³/mol. The molecule has 1 amide bonds. The van der Waals surface area contributed by atoms with Crippen molar-refractivity contribution in [3.05, 3.63) is 63.7 Å². The molecule has 0 bridgehead atoms. The summed E-state index contributed by atoms with van der Waals surface area (Å²) in [6.07, 6.45) is 1.85. The minimum absolute atomic E-state index is 0.170. The van der Waals surface area contributed by atoms with Crippen LogP contribution in [0.15, 0.2) is 48.7 Å². The molecule has 112 valence electrons. The van der Waals surface area contributed by atoms with E-state index in [0.717, 1.165) is 10.9 Å². The van der Waals surface area contributed by atoms with Crippen LogP contribution in [0.2, 0.25) is 15.1 Å². The van der Waals surface area contributed by atoms with E-state index in [9.17, 15) is 4.79 Å². The van der Waals surface area contributed by atoms with Crippen LogP contribution in [0.3, 0.4) is 0 Å². The van der Waals surface area contributed by atoms with Crippen LogP contribution in [0.25, 0.3) is 10.9 Å². The van der Waals surface area contributed by atoms with Crippen LogP contribution in [0.5, 0.6) is 0 Å². The van der Waals surface area contributed by atoms with E-state index in [2.05, 4.69) is 5.32 Å². The first-order valence-corrected chi connectivity index (χ1v) is 7.65. The lowest BCUT2D eigenvalue weighted by Gasteiger charge is -2.09. The van der Waals surface area contributed by atoms with Gasteiger partial charge in [0.15, 0.2) is 0 Å². The van der Waals surface area contributed by atoms with Gasteiger partial charge >= 0.3 is 0 Å². The highest BCUT2D eigenvalue weighted by Gasteiger charge is 2.09. The van der Waals surface area contributed by atoms with Gasteiger partial charge in [-0.1, -0.05) is 34.8 Å². The Morgan fingerprint density at radius 2 is 1.73 bits per heavy atom. The van der Waals surface area contributed by atoms with Crippen LogP contribution in [0.4, 0.5) is 5.69 Å². The molecular formula is C16H11Cl3N2O. The van der Waals surface area contributed by atoms with Crippen molar-refractivity contribution in [3.8, 4) is 0 Å². The summed E-state index contributed by atoms with van der Waals surface area (Å²) in [7, 11) is 0. The van der Waals surface area contributed by atoms with Gasteiger partial charge in [0, 0.05) is 27.1 Å². The van der Waals surface area contributed by atoms with Crippen molar-refractivity contribution in [2.24, 2.45) is 0 Å². The van der Waals surface area contributed by atoms with Gasteiger partial charge in [-0.15, -0.1) is 0 Å². The number of carbonyl (C=O) groups excluding carboxylic acids is 1. The number of amides is 1. The molecule has 0 atom stereocenters. The van der Waals surface area contributed by atoms with Crippen molar-refractivity contribution < 1.29 is 4.79 Å². The van der Waals surface area contributed by atoms with Crippen molar-refractivity contribution >= 4 is 57.3 Å². The SMILES string of the molecule is O=C(Cn1ccc2cc(Cl)ccc21)Nc1ccc(Cl)cc1Cl. The number of anilines is 1. The highest BCUT2D eigenvalue weighted by molar-refractivity contribution is 6.36. The number of fused-ring (bicyclic) bond motifs is 1. The standard InChI is InChI=1S/C16H11Cl3N2O/c17-11-2-4-15-10(7-11)5-6-21(15)9-16(22)20-14-3-1-12(18)8-13(14)19/h1-8H,9H2,(H,20,22). The number of benzene rings is 2. The summed E-state index contributed by atoms with van der Waals surface area (Å²) >= 11 is 17.8. The van der Waals surface area contributed by atoms with Crippen molar-refractivity contribution in [2.45, 2.75) is 6.54 Å². The molecule has 1 aromatic heterocycles. The molecule has 1 heterocycles. The largest absolute Gasteiger partial charge is 0.338 e. The van der Waals surface area contributed by atoms with Gasteiger partial charge in [-0.2, -0.15) is 0 Å². The van der Waals surface area contributed by atoms with Crippen molar-refractivity contribution in [2.75, 3.05) is 5.32 Å². The molecule has 22 heavy (non-hydrogen) atoms. The number of hydrogen-bond acceptors (Lipinski definition) is 1. The fraction of sp³-hybridized carbons (Fsp3) is 0.0625. The Kier molecular flexibility index (Phi) is 4.30. The van der Waals surface area contributed by atoms with Crippen molar-refractivity contribution in [1.29, 1.82) is 0 Å². The molecule has 1 N–H and O–H groups in total. The summed E-state index contributed by atoms with van der Waals surface area (Å²) in [4.78, 5) is 12.2. The van der Waals surface area contributed by atoms with Gasteiger partial charge in [-0.3, -0.25) is 4.79 Å². The van der Waals surface area contributed by atoms with Crippen LogP contribution >= 0.6 is 34.8 Å². The fourth-order valence-corrected chi connectivity index (χ4v) is 2.88. The zero-order chi connectivity index (χ0) is 15.7. The third-order valence-electron chi connectivity index (χ3n) is 3.25. The molecule has 0 spiro atoms. The molecule has 0 aliphatic carbocycles. The Morgan fingerprint density at radius 3 is 2.50 bits per heavy atom. The van der Waals surface area contributed by atoms with E-state index in [1.165, 1.54) is 0 Å². The zero-order valence-electron chi connectivity index (χ0n) is 11.3. The third kappa shape index (κ3) is 3.22. The van der Waals surface area contributed by atoms with E-state index < -0.39 is 0 Å². The summed E-state index contributed by atoms with van der Waals surface area (Å²) in [6, 6.07) is 12.4. The normalized spacial score (nSPS) is 10.9.